The first kappa shape index (κ1) is 31.7. The monoisotopic (exact) mass is 626 g/mol. The number of piperazine rings is 1. The number of hydrogen-bond acceptors (Lipinski definition) is 6. The van der Waals surface area contributed by atoms with E-state index in [0.717, 1.165) is 87.3 Å². The first-order valence-electron chi connectivity index (χ1n) is 15.3. The number of nitrogens with zero attached hydrogens (tertiary/aromatic N) is 4. The molecule has 6 aromatic rings. The number of benzene rings is 4. The topological polar surface area (TPSA) is 56.3 Å². The van der Waals surface area contributed by atoms with Crippen molar-refractivity contribution < 1.29 is 0 Å². The van der Waals surface area contributed by atoms with Crippen LogP contribution in [0.4, 0.5) is 11.4 Å². The third-order valence-electron chi connectivity index (χ3n) is 8.55. The zero-order valence-corrected chi connectivity index (χ0v) is 26.5. The van der Waals surface area contributed by atoms with E-state index < -0.39 is 0 Å². The number of halogens is 2. The number of fused-ring (bicyclic) bond motifs is 4. The predicted octanol–water partition coefficient (Wildman–Crippen LogP) is 7.85. The van der Waals surface area contributed by atoms with Gasteiger partial charge in [0.25, 0.3) is 0 Å². The summed E-state index contributed by atoms with van der Waals surface area (Å²) in [6.07, 6.45) is 2.26. The van der Waals surface area contributed by atoms with Crippen molar-refractivity contribution in [3.63, 3.8) is 0 Å². The van der Waals surface area contributed by atoms with E-state index in [1.54, 1.807) is 0 Å². The second kappa shape index (κ2) is 14.9. The average molecular weight is 628 g/mol. The molecular weight excluding hydrogens is 587 g/mol. The minimum atomic E-state index is 0. The molecule has 3 heterocycles. The van der Waals surface area contributed by atoms with Gasteiger partial charge in [-0.2, -0.15) is 0 Å². The Hall–Kier alpha value is -3.68. The first-order chi connectivity index (χ1) is 20.8. The molecule has 0 radical (unpaired) electrons. The van der Waals surface area contributed by atoms with E-state index in [1.165, 1.54) is 32.9 Å². The summed E-state index contributed by atoms with van der Waals surface area (Å²) in [5.41, 5.74) is 6.62. The van der Waals surface area contributed by atoms with Crippen LogP contribution >= 0.6 is 24.8 Å². The molecule has 2 N–H and O–H groups in total. The van der Waals surface area contributed by atoms with Crippen LogP contribution in [0.3, 0.4) is 0 Å². The van der Waals surface area contributed by atoms with Gasteiger partial charge in [-0.1, -0.05) is 72.8 Å². The highest BCUT2D eigenvalue weighted by atomic mass is 35.5. The molecule has 7 rings (SSSR count). The minimum Gasteiger partial charge on any atom is -0.384 e. The van der Waals surface area contributed by atoms with E-state index >= 15 is 0 Å². The predicted molar refractivity (Wildman–Crippen MR) is 192 cm³/mol. The Morgan fingerprint density at radius 1 is 0.455 bits per heavy atom. The SMILES string of the molecule is Cl.Cl.c1ccc2c(NCCCN3CCN(CCCNc4c5ccccc5nc5ccccc45)CC3)c3ccccc3nc2c1. The molecule has 1 saturated heterocycles. The molecule has 44 heavy (non-hydrogen) atoms. The van der Waals surface area contributed by atoms with Gasteiger partial charge in [0.15, 0.2) is 0 Å². The van der Waals surface area contributed by atoms with Crippen LogP contribution in [0.5, 0.6) is 0 Å². The second-order valence-electron chi connectivity index (χ2n) is 11.3. The maximum atomic E-state index is 4.85. The van der Waals surface area contributed by atoms with E-state index in [-0.39, 0.29) is 24.8 Å². The summed E-state index contributed by atoms with van der Waals surface area (Å²) in [5.74, 6) is 0. The van der Waals surface area contributed by atoms with Gasteiger partial charge in [-0.25, -0.2) is 9.97 Å². The largest absolute Gasteiger partial charge is 0.384 e. The molecule has 0 bridgehead atoms. The number of rotatable bonds is 10. The highest BCUT2D eigenvalue weighted by Crippen LogP contribution is 2.31. The van der Waals surface area contributed by atoms with E-state index in [2.05, 4.69) is 117 Å². The minimum absolute atomic E-state index is 0. The molecule has 0 atom stereocenters. The summed E-state index contributed by atoms with van der Waals surface area (Å²) in [4.78, 5) is 14.9. The number of hydrogen-bond donors (Lipinski definition) is 2. The number of anilines is 2. The molecule has 1 aliphatic rings. The van der Waals surface area contributed by atoms with Crippen LogP contribution in [-0.4, -0.2) is 72.1 Å². The fourth-order valence-electron chi connectivity index (χ4n) is 6.33. The van der Waals surface area contributed by atoms with Gasteiger partial charge in [-0.3, -0.25) is 0 Å². The molecule has 0 aliphatic carbocycles. The lowest BCUT2D eigenvalue weighted by atomic mass is 10.1. The van der Waals surface area contributed by atoms with Crippen molar-refractivity contribution in [1.29, 1.82) is 0 Å². The second-order valence-corrected chi connectivity index (χ2v) is 11.3. The third kappa shape index (κ3) is 6.84. The number of pyridine rings is 2. The zero-order chi connectivity index (χ0) is 28.1. The van der Waals surface area contributed by atoms with Crippen LogP contribution in [0.15, 0.2) is 97.1 Å². The molecule has 1 aliphatic heterocycles. The zero-order valence-electron chi connectivity index (χ0n) is 24.9. The lowest BCUT2D eigenvalue weighted by molar-refractivity contribution is 0.132. The number of para-hydroxylation sites is 4. The van der Waals surface area contributed by atoms with Gasteiger partial charge < -0.3 is 20.4 Å². The molecule has 0 spiro atoms. The van der Waals surface area contributed by atoms with Crippen LogP contribution in [0, 0.1) is 0 Å². The van der Waals surface area contributed by atoms with Gasteiger partial charge in [0, 0.05) is 60.8 Å². The van der Waals surface area contributed by atoms with Gasteiger partial charge >= 0.3 is 0 Å². The van der Waals surface area contributed by atoms with Gasteiger partial charge in [-0.15, -0.1) is 24.8 Å². The van der Waals surface area contributed by atoms with Crippen molar-refractivity contribution in [2.75, 3.05) is 63.0 Å². The normalized spacial score (nSPS) is 14.0. The Bertz CT molecular complexity index is 1590. The molecule has 0 amide bonds. The molecule has 228 valence electrons. The summed E-state index contributed by atoms with van der Waals surface area (Å²) < 4.78 is 0. The fraction of sp³-hybridized carbons (Fsp3) is 0.278. The van der Waals surface area contributed by atoms with Crippen molar-refractivity contribution in [3.05, 3.63) is 97.1 Å². The van der Waals surface area contributed by atoms with Crippen molar-refractivity contribution in [2.45, 2.75) is 12.8 Å². The first-order valence-corrected chi connectivity index (χ1v) is 15.3. The Kier molecular flexibility index (Phi) is 10.7. The Balaban J connectivity index is 0.00000192. The fourth-order valence-corrected chi connectivity index (χ4v) is 6.33. The highest BCUT2D eigenvalue weighted by molar-refractivity contribution is 6.08. The summed E-state index contributed by atoms with van der Waals surface area (Å²) in [6.45, 7) is 8.77. The maximum absolute atomic E-state index is 4.85. The van der Waals surface area contributed by atoms with Crippen LogP contribution < -0.4 is 10.6 Å². The van der Waals surface area contributed by atoms with Crippen molar-refractivity contribution >= 4 is 79.8 Å². The molecule has 4 aromatic carbocycles. The average Bonchev–Trinajstić information content (AvgIpc) is 3.04. The van der Waals surface area contributed by atoms with E-state index in [4.69, 9.17) is 9.97 Å². The molecular formula is C36H40Cl2N6. The lowest BCUT2D eigenvalue weighted by Gasteiger charge is -2.34. The van der Waals surface area contributed by atoms with Crippen LogP contribution in [0.25, 0.3) is 43.6 Å². The molecule has 1 fully saturated rings. The maximum Gasteiger partial charge on any atom is 0.0730 e. The summed E-state index contributed by atoms with van der Waals surface area (Å²) in [5, 5.41) is 12.3. The Morgan fingerprint density at radius 2 is 0.750 bits per heavy atom. The van der Waals surface area contributed by atoms with Crippen molar-refractivity contribution in [1.82, 2.24) is 19.8 Å². The number of nitrogens with one attached hydrogen (secondary N) is 2. The molecule has 2 aromatic heterocycles. The van der Waals surface area contributed by atoms with Gasteiger partial charge in [0.05, 0.1) is 33.4 Å². The Labute approximate surface area is 271 Å². The molecule has 6 nitrogen and oxygen atoms in total. The third-order valence-corrected chi connectivity index (χ3v) is 8.55. The summed E-state index contributed by atoms with van der Waals surface area (Å²) in [6, 6.07) is 33.8. The molecule has 0 unspecified atom stereocenters. The van der Waals surface area contributed by atoms with Gasteiger partial charge in [0.2, 0.25) is 0 Å². The van der Waals surface area contributed by atoms with E-state index in [0.29, 0.717) is 0 Å². The van der Waals surface area contributed by atoms with Crippen molar-refractivity contribution in [3.8, 4) is 0 Å². The number of aromatic nitrogens is 2. The van der Waals surface area contributed by atoms with Crippen molar-refractivity contribution in [2.24, 2.45) is 0 Å². The quantitative estimate of drug-likeness (QED) is 0.119. The molecule has 0 saturated carbocycles. The van der Waals surface area contributed by atoms with Crippen LogP contribution in [0.1, 0.15) is 12.8 Å². The van der Waals surface area contributed by atoms with Gasteiger partial charge in [-0.05, 0) is 50.2 Å². The Morgan fingerprint density at radius 3 is 1.07 bits per heavy atom. The standard InChI is InChI=1S/C36H38N6.2ClH/c1-5-15-31-27(11-1)35(28-12-2-6-16-32(28)39-31)37-19-9-21-41-23-25-42(26-24-41)22-10-20-38-36-29-13-3-7-17-33(29)40-34-18-8-4-14-30(34)36;;/h1-8,11-18H,9-10,19-26H2,(H,37,39)(H,38,40);2*1H. The highest BCUT2D eigenvalue weighted by Gasteiger charge is 2.16. The van der Waals surface area contributed by atoms with Crippen LogP contribution in [0.2, 0.25) is 0 Å². The van der Waals surface area contributed by atoms with E-state index in [9.17, 15) is 0 Å². The molecule has 8 heteroatoms. The summed E-state index contributed by atoms with van der Waals surface area (Å²) >= 11 is 0. The van der Waals surface area contributed by atoms with E-state index in [1.807, 2.05) is 0 Å². The van der Waals surface area contributed by atoms with Gasteiger partial charge in [0.1, 0.15) is 0 Å². The smallest absolute Gasteiger partial charge is 0.0730 e. The summed E-state index contributed by atoms with van der Waals surface area (Å²) in [7, 11) is 0. The lowest BCUT2D eigenvalue weighted by Crippen LogP contribution is -2.47. The van der Waals surface area contributed by atoms with Crippen LogP contribution in [-0.2, 0) is 0 Å².